The molecule has 8 heteroatoms. The number of aliphatic imine (C=N–C) groups is 1. The molecule has 0 aliphatic carbocycles. The molecule has 0 spiro atoms. The molecule has 0 bridgehead atoms. The Morgan fingerprint density at radius 1 is 1.32 bits per heavy atom. The lowest BCUT2D eigenvalue weighted by molar-refractivity contribution is -0.00813. The number of aromatic nitrogens is 2. The number of aliphatic hydroxyl groups excluding tert-OH is 1. The van der Waals surface area contributed by atoms with Crippen molar-refractivity contribution in [2.45, 2.75) is 32.1 Å². The van der Waals surface area contributed by atoms with Crippen LogP contribution in [0.1, 0.15) is 29.7 Å². The molecule has 2 atom stereocenters. The quantitative estimate of drug-likeness (QED) is 0.534. The number of rotatable bonds is 6. The van der Waals surface area contributed by atoms with Crippen LogP contribution in [0.5, 0.6) is 0 Å². The van der Waals surface area contributed by atoms with Crippen molar-refractivity contribution in [3.05, 3.63) is 53.3 Å². The number of benzene rings is 1. The molecule has 1 aromatic heterocycles. The number of aryl methyl sites for hydroxylation is 1. The second kappa shape index (κ2) is 10.3. The van der Waals surface area contributed by atoms with Crippen LogP contribution >= 0.6 is 0 Å². The van der Waals surface area contributed by atoms with Crippen molar-refractivity contribution in [1.82, 2.24) is 24.9 Å². The molecule has 2 aliphatic heterocycles. The second-order valence-electron chi connectivity index (χ2n) is 8.36. The summed E-state index contributed by atoms with van der Waals surface area (Å²) < 4.78 is 7.75. The summed E-state index contributed by atoms with van der Waals surface area (Å²) in [5, 5.41) is 18.3. The highest BCUT2D eigenvalue weighted by Crippen LogP contribution is 2.22. The van der Waals surface area contributed by atoms with Gasteiger partial charge in [-0.3, -0.25) is 14.6 Å². The molecule has 2 unspecified atom stereocenters. The molecule has 2 aliphatic rings. The third kappa shape index (κ3) is 5.64. The molecule has 168 valence electrons. The van der Waals surface area contributed by atoms with E-state index in [2.05, 4.69) is 51.4 Å². The Bertz CT molecular complexity index is 882. The lowest BCUT2D eigenvalue weighted by Gasteiger charge is -2.35. The summed E-state index contributed by atoms with van der Waals surface area (Å²) in [4.78, 5) is 9.30. The van der Waals surface area contributed by atoms with E-state index in [1.54, 1.807) is 4.68 Å². The SMILES string of the molecule is CCNC(=NCC(O)CN1CCc2ccccc2C1)N1CCOC(c2cnn(C)c2)C1. The number of morpholine rings is 1. The number of nitrogens with one attached hydrogen (secondary N) is 1. The summed E-state index contributed by atoms with van der Waals surface area (Å²) in [5.41, 5.74) is 3.87. The maximum atomic E-state index is 10.7. The van der Waals surface area contributed by atoms with Gasteiger partial charge in [-0.2, -0.15) is 5.10 Å². The summed E-state index contributed by atoms with van der Waals surface area (Å²) in [7, 11) is 1.91. The van der Waals surface area contributed by atoms with E-state index in [1.165, 1.54) is 11.1 Å². The third-order valence-corrected chi connectivity index (χ3v) is 5.93. The van der Waals surface area contributed by atoms with Gasteiger partial charge in [-0.25, -0.2) is 0 Å². The van der Waals surface area contributed by atoms with E-state index in [-0.39, 0.29) is 6.10 Å². The van der Waals surface area contributed by atoms with Gasteiger partial charge in [0.2, 0.25) is 0 Å². The van der Waals surface area contributed by atoms with Crippen LogP contribution in [0.2, 0.25) is 0 Å². The molecule has 0 amide bonds. The highest BCUT2D eigenvalue weighted by molar-refractivity contribution is 5.80. The van der Waals surface area contributed by atoms with Gasteiger partial charge in [-0.05, 0) is 24.5 Å². The van der Waals surface area contributed by atoms with Gasteiger partial charge >= 0.3 is 0 Å². The highest BCUT2D eigenvalue weighted by Gasteiger charge is 2.25. The Labute approximate surface area is 184 Å². The number of aliphatic hydroxyl groups is 1. The van der Waals surface area contributed by atoms with E-state index in [4.69, 9.17) is 9.73 Å². The normalized spacial score (nSPS) is 21.1. The fourth-order valence-corrected chi connectivity index (χ4v) is 4.33. The minimum Gasteiger partial charge on any atom is -0.390 e. The van der Waals surface area contributed by atoms with E-state index in [9.17, 15) is 5.11 Å². The molecule has 0 saturated carbocycles. The summed E-state index contributed by atoms with van der Waals surface area (Å²) in [6.07, 6.45) is 4.38. The topological polar surface area (TPSA) is 78.2 Å². The monoisotopic (exact) mass is 426 g/mol. The average Bonchev–Trinajstić information content (AvgIpc) is 3.23. The van der Waals surface area contributed by atoms with E-state index >= 15 is 0 Å². The van der Waals surface area contributed by atoms with Crippen molar-refractivity contribution in [1.29, 1.82) is 0 Å². The van der Waals surface area contributed by atoms with Crippen LogP contribution in [-0.4, -0.2) is 82.6 Å². The fraction of sp³-hybridized carbons (Fsp3) is 0.565. The molecule has 31 heavy (non-hydrogen) atoms. The highest BCUT2D eigenvalue weighted by atomic mass is 16.5. The number of fused-ring (bicyclic) bond motifs is 1. The first-order valence-corrected chi connectivity index (χ1v) is 11.2. The van der Waals surface area contributed by atoms with Crippen LogP contribution in [0.25, 0.3) is 0 Å². The predicted octanol–water partition coefficient (Wildman–Crippen LogP) is 1.18. The molecule has 0 radical (unpaired) electrons. The van der Waals surface area contributed by atoms with Gasteiger partial charge in [0.1, 0.15) is 6.10 Å². The first kappa shape index (κ1) is 21.8. The van der Waals surface area contributed by atoms with Gasteiger partial charge in [0.15, 0.2) is 5.96 Å². The summed E-state index contributed by atoms with van der Waals surface area (Å²) in [6, 6.07) is 8.58. The minimum absolute atomic E-state index is 0.0235. The van der Waals surface area contributed by atoms with Crippen LogP contribution in [0.4, 0.5) is 0 Å². The van der Waals surface area contributed by atoms with Gasteiger partial charge < -0.3 is 20.1 Å². The summed E-state index contributed by atoms with van der Waals surface area (Å²) in [5.74, 6) is 0.836. The van der Waals surface area contributed by atoms with Crippen LogP contribution in [0.3, 0.4) is 0 Å². The Morgan fingerprint density at radius 2 is 2.16 bits per heavy atom. The molecule has 1 saturated heterocycles. The largest absolute Gasteiger partial charge is 0.390 e. The zero-order valence-electron chi connectivity index (χ0n) is 18.6. The molecule has 2 aromatic rings. The Balaban J connectivity index is 1.34. The number of hydrogen-bond donors (Lipinski definition) is 2. The third-order valence-electron chi connectivity index (χ3n) is 5.93. The molecule has 2 N–H and O–H groups in total. The zero-order valence-corrected chi connectivity index (χ0v) is 18.6. The van der Waals surface area contributed by atoms with Crippen molar-refractivity contribution in [2.24, 2.45) is 12.0 Å². The van der Waals surface area contributed by atoms with Crippen molar-refractivity contribution in [3.63, 3.8) is 0 Å². The van der Waals surface area contributed by atoms with Gasteiger partial charge in [0, 0.05) is 51.5 Å². The molecule has 1 fully saturated rings. The molecule has 8 nitrogen and oxygen atoms in total. The second-order valence-corrected chi connectivity index (χ2v) is 8.36. The number of ether oxygens (including phenoxy) is 1. The number of nitrogens with zero attached hydrogens (tertiary/aromatic N) is 5. The fourth-order valence-electron chi connectivity index (χ4n) is 4.33. The van der Waals surface area contributed by atoms with Gasteiger partial charge in [-0.1, -0.05) is 24.3 Å². The van der Waals surface area contributed by atoms with E-state index in [0.717, 1.165) is 50.7 Å². The maximum Gasteiger partial charge on any atom is 0.194 e. The number of hydrogen-bond acceptors (Lipinski definition) is 5. The van der Waals surface area contributed by atoms with Gasteiger partial charge in [0.25, 0.3) is 0 Å². The smallest absolute Gasteiger partial charge is 0.194 e. The van der Waals surface area contributed by atoms with Crippen molar-refractivity contribution < 1.29 is 9.84 Å². The average molecular weight is 427 g/mol. The standard InChI is InChI=1S/C23H34N6O2/c1-3-24-23(29-10-11-31-22(17-29)20-12-26-27(2)14-20)25-13-21(30)16-28-9-8-18-6-4-5-7-19(18)15-28/h4-7,12,14,21-22,30H,3,8-11,13,15-17H2,1-2H3,(H,24,25). The molecule has 4 rings (SSSR count). The van der Waals surface area contributed by atoms with Crippen LogP contribution in [-0.2, 0) is 24.8 Å². The maximum absolute atomic E-state index is 10.7. The van der Waals surface area contributed by atoms with Crippen LogP contribution < -0.4 is 5.32 Å². The van der Waals surface area contributed by atoms with E-state index < -0.39 is 6.10 Å². The Morgan fingerprint density at radius 3 is 2.94 bits per heavy atom. The van der Waals surface area contributed by atoms with Gasteiger partial charge in [0.05, 0.1) is 32.0 Å². The lowest BCUT2D eigenvalue weighted by atomic mass is 10.00. The van der Waals surface area contributed by atoms with Crippen molar-refractivity contribution in [2.75, 3.05) is 45.9 Å². The first-order chi connectivity index (χ1) is 15.1. The number of guanidine groups is 1. The molecule has 1 aromatic carbocycles. The Kier molecular flexibility index (Phi) is 7.21. The van der Waals surface area contributed by atoms with Crippen LogP contribution in [0.15, 0.2) is 41.7 Å². The number of β-amino-alcohol motifs (C(OH)–C–C–N with tert-alkyl or cyclic N) is 1. The van der Waals surface area contributed by atoms with Crippen molar-refractivity contribution in [3.8, 4) is 0 Å². The van der Waals surface area contributed by atoms with Gasteiger partial charge in [-0.15, -0.1) is 0 Å². The molecule has 3 heterocycles. The summed E-state index contributed by atoms with van der Waals surface area (Å²) >= 11 is 0. The van der Waals surface area contributed by atoms with Crippen LogP contribution in [0, 0.1) is 0 Å². The first-order valence-electron chi connectivity index (χ1n) is 11.2. The minimum atomic E-state index is -0.492. The van der Waals surface area contributed by atoms with E-state index in [0.29, 0.717) is 19.7 Å². The predicted molar refractivity (Wildman–Crippen MR) is 121 cm³/mol. The Hall–Kier alpha value is -2.42. The summed E-state index contributed by atoms with van der Waals surface area (Å²) in [6.45, 7) is 7.89. The molecular formula is C23H34N6O2. The van der Waals surface area contributed by atoms with E-state index in [1.807, 2.05) is 19.4 Å². The van der Waals surface area contributed by atoms with Crippen molar-refractivity contribution >= 4 is 5.96 Å². The lowest BCUT2D eigenvalue weighted by Crippen LogP contribution is -2.48. The molecular weight excluding hydrogens is 392 g/mol. The zero-order chi connectivity index (χ0) is 21.6.